The molecule has 32 heavy (non-hydrogen) atoms. The van der Waals surface area contributed by atoms with Crippen molar-refractivity contribution in [3.8, 4) is 5.75 Å². The number of methoxy groups -OCH3 is 1. The number of alkyl halides is 3. The Bertz CT molecular complexity index is 1130. The molecule has 0 fully saturated rings. The van der Waals surface area contributed by atoms with Crippen molar-refractivity contribution in [3.63, 3.8) is 0 Å². The van der Waals surface area contributed by atoms with Gasteiger partial charge in [0, 0.05) is 19.5 Å². The van der Waals surface area contributed by atoms with Crippen LogP contribution in [0.4, 0.5) is 18.9 Å². The van der Waals surface area contributed by atoms with Crippen LogP contribution >= 0.6 is 0 Å². The van der Waals surface area contributed by atoms with Crippen LogP contribution in [0.3, 0.4) is 0 Å². The number of carbonyl (C=O) groups excluding carboxylic acids is 2. The molecule has 1 aromatic carbocycles. The molecule has 0 atom stereocenters. The summed E-state index contributed by atoms with van der Waals surface area (Å²) in [6, 6.07) is 4.29. The number of aromatic nitrogens is 3. The summed E-state index contributed by atoms with van der Waals surface area (Å²) in [5.74, 6) is -1.68. The van der Waals surface area contributed by atoms with E-state index < -0.39 is 30.2 Å². The Morgan fingerprint density at radius 2 is 2.00 bits per heavy atom. The lowest BCUT2D eigenvalue weighted by atomic mass is 10.1. The Kier molecular flexibility index (Phi) is 6.93. The molecule has 0 bridgehead atoms. The van der Waals surface area contributed by atoms with Gasteiger partial charge in [0.05, 0.1) is 23.6 Å². The van der Waals surface area contributed by atoms with Gasteiger partial charge in [-0.25, -0.2) is 14.3 Å². The van der Waals surface area contributed by atoms with Crippen LogP contribution in [0, 0.1) is 6.92 Å². The fraction of sp³-hybridized carbons (Fsp3) is 0.300. The third-order valence-corrected chi connectivity index (χ3v) is 4.23. The van der Waals surface area contributed by atoms with Gasteiger partial charge in [0.15, 0.2) is 12.3 Å². The predicted molar refractivity (Wildman–Crippen MR) is 105 cm³/mol. The topological polar surface area (TPSA) is 104 Å². The first-order chi connectivity index (χ1) is 15.2. The van der Waals surface area contributed by atoms with Gasteiger partial charge in [-0.1, -0.05) is 0 Å². The van der Waals surface area contributed by atoms with Crippen LogP contribution in [0.5, 0.6) is 5.75 Å². The molecule has 1 amide bonds. The maximum Gasteiger partial charge on any atom is 0.416 e. The maximum atomic E-state index is 13.1. The Morgan fingerprint density at radius 1 is 1.22 bits per heavy atom. The molecule has 12 heteroatoms. The van der Waals surface area contributed by atoms with E-state index in [1.54, 1.807) is 19.2 Å². The Labute approximate surface area is 180 Å². The fourth-order valence-corrected chi connectivity index (χ4v) is 2.79. The minimum Gasteiger partial charge on any atom is -0.489 e. The van der Waals surface area contributed by atoms with E-state index >= 15 is 0 Å². The number of fused-ring (bicyclic) bond motifs is 1. The second-order valence-corrected chi connectivity index (χ2v) is 6.52. The number of ether oxygens (including phenoxy) is 3. The minimum atomic E-state index is -4.62. The zero-order valence-electron chi connectivity index (χ0n) is 17.1. The number of hydrogen-bond donors (Lipinski definition) is 1. The van der Waals surface area contributed by atoms with Gasteiger partial charge in [0.1, 0.15) is 17.9 Å². The van der Waals surface area contributed by atoms with Crippen molar-refractivity contribution in [3.05, 3.63) is 53.5 Å². The summed E-state index contributed by atoms with van der Waals surface area (Å²) in [5.41, 5.74) is -0.508. The lowest BCUT2D eigenvalue weighted by molar-refractivity contribution is -0.137. The van der Waals surface area contributed by atoms with E-state index in [4.69, 9.17) is 14.2 Å². The normalized spacial score (nSPS) is 11.4. The van der Waals surface area contributed by atoms with E-state index in [0.717, 1.165) is 18.2 Å². The SMILES string of the molecule is COCCOc1ccc(C(F)(F)F)cc1NC(=O)COC(=O)c1c(C)nn2cccnc12. The molecule has 0 saturated heterocycles. The summed E-state index contributed by atoms with van der Waals surface area (Å²) in [7, 11) is 1.44. The van der Waals surface area contributed by atoms with Gasteiger partial charge in [0.2, 0.25) is 0 Å². The predicted octanol–water partition coefficient (Wildman–Crippen LogP) is 2.88. The van der Waals surface area contributed by atoms with Gasteiger partial charge in [-0.2, -0.15) is 18.3 Å². The first-order valence-corrected chi connectivity index (χ1v) is 9.30. The van der Waals surface area contributed by atoms with Gasteiger partial charge in [-0.15, -0.1) is 0 Å². The number of amides is 1. The van der Waals surface area contributed by atoms with Gasteiger partial charge in [-0.05, 0) is 31.2 Å². The summed E-state index contributed by atoms with van der Waals surface area (Å²) in [4.78, 5) is 28.8. The van der Waals surface area contributed by atoms with Crippen LogP contribution in [0.1, 0.15) is 21.6 Å². The second kappa shape index (κ2) is 9.64. The van der Waals surface area contributed by atoms with Gasteiger partial charge in [0.25, 0.3) is 5.91 Å². The van der Waals surface area contributed by atoms with Crippen LogP contribution in [0.15, 0.2) is 36.7 Å². The number of aryl methyl sites for hydroxylation is 1. The molecule has 3 aromatic rings. The van der Waals surface area contributed by atoms with Gasteiger partial charge in [-0.3, -0.25) is 4.79 Å². The molecule has 0 aliphatic heterocycles. The molecular weight excluding hydrogens is 433 g/mol. The molecule has 2 aromatic heterocycles. The fourth-order valence-electron chi connectivity index (χ4n) is 2.79. The summed E-state index contributed by atoms with van der Waals surface area (Å²) >= 11 is 0. The highest BCUT2D eigenvalue weighted by Crippen LogP contribution is 2.35. The monoisotopic (exact) mass is 452 g/mol. The number of anilines is 1. The van der Waals surface area contributed by atoms with Crippen molar-refractivity contribution < 1.29 is 37.0 Å². The lowest BCUT2D eigenvalue weighted by Gasteiger charge is -2.15. The minimum absolute atomic E-state index is 0.0115. The molecule has 0 spiro atoms. The largest absolute Gasteiger partial charge is 0.489 e. The van der Waals surface area contributed by atoms with Crippen LogP contribution in [-0.4, -0.2) is 53.4 Å². The molecule has 0 aliphatic carbocycles. The third-order valence-electron chi connectivity index (χ3n) is 4.23. The van der Waals surface area contributed by atoms with Crippen LogP contribution < -0.4 is 10.1 Å². The smallest absolute Gasteiger partial charge is 0.416 e. The first kappa shape index (κ1) is 23.0. The maximum absolute atomic E-state index is 13.1. The van der Waals surface area contributed by atoms with Crippen LogP contribution in [-0.2, 0) is 20.4 Å². The van der Waals surface area contributed by atoms with E-state index in [2.05, 4.69) is 15.4 Å². The summed E-state index contributed by atoms with van der Waals surface area (Å²) in [5, 5.41) is 6.41. The van der Waals surface area contributed by atoms with Crippen molar-refractivity contribution >= 4 is 23.2 Å². The van der Waals surface area contributed by atoms with E-state index in [-0.39, 0.29) is 35.9 Å². The number of esters is 1. The molecule has 9 nitrogen and oxygen atoms in total. The Hall–Kier alpha value is -3.67. The molecule has 2 heterocycles. The van der Waals surface area contributed by atoms with E-state index in [0.29, 0.717) is 5.69 Å². The van der Waals surface area contributed by atoms with Crippen molar-refractivity contribution in [2.75, 3.05) is 32.2 Å². The Morgan fingerprint density at radius 3 is 2.72 bits per heavy atom. The third kappa shape index (κ3) is 5.32. The number of rotatable bonds is 8. The van der Waals surface area contributed by atoms with E-state index in [1.807, 2.05) is 0 Å². The average molecular weight is 452 g/mol. The first-order valence-electron chi connectivity index (χ1n) is 9.30. The van der Waals surface area contributed by atoms with E-state index in [9.17, 15) is 22.8 Å². The van der Waals surface area contributed by atoms with E-state index in [1.165, 1.54) is 17.8 Å². The molecule has 0 saturated carbocycles. The number of benzene rings is 1. The molecule has 3 rings (SSSR count). The summed E-state index contributed by atoms with van der Waals surface area (Å²) in [6.45, 7) is 1.09. The molecule has 0 aliphatic rings. The summed E-state index contributed by atoms with van der Waals surface area (Å²) < 4.78 is 55.8. The van der Waals surface area contributed by atoms with Crippen molar-refractivity contribution in [2.45, 2.75) is 13.1 Å². The second-order valence-electron chi connectivity index (χ2n) is 6.52. The molecule has 0 unspecified atom stereocenters. The average Bonchev–Trinajstić information content (AvgIpc) is 3.08. The highest BCUT2D eigenvalue weighted by atomic mass is 19.4. The number of hydrogen-bond acceptors (Lipinski definition) is 7. The highest BCUT2D eigenvalue weighted by Gasteiger charge is 2.31. The van der Waals surface area contributed by atoms with Crippen LogP contribution in [0.25, 0.3) is 5.65 Å². The number of nitrogens with zero attached hydrogens (tertiary/aromatic N) is 3. The zero-order chi connectivity index (χ0) is 23.3. The number of halogens is 3. The lowest BCUT2D eigenvalue weighted by Crippen LogP contribution is -2.22. The molecule has 1 N–H and O–H groups in total. The van der Waals surface area contributed by atoms with Gasteiger partial charge >= 0.3 is 12.1 Å². The standard InChI is InChI=1S/C20H19F3N4O5/c1-12-17(18-24-6-3-7-27(18)26-12)19(29)32-11-16(28)25-14-10-13(20(21,22)23)4-5-15(14)31-9-8-30-2/h3-7,10H,8-9,11H2,1-2H3,(H,25,28). The number of nitrogens with one attached hydrogen (secondary N) is 1. The highest BCUT2D eigenvalue weighted by molar-refractivity contribution is 5.99. The molecule has 170 valence electrons. The Balaban J connectivity index is 1.71. The van der Waals surface area contributed by atoms with Gasteiger partial charge < -0.3 is 19.5 Å². The summed E-state index contributed by atoms with van der Waals surface area (Å²) in [6.07, 6.45) is -1.55. The van der Waals surface area contributed by atoms with Crippen molar-refractivity contribution in [2.24, 2.45) is 0 Å². The number of carbonyl (C=O) groups is 2. The molecular formula is C20H19F3N4O5. The zero-order valence-corrected chi connectivity index (χ0v) is 17.1. The van der Waals surface area contributed by atoms with Crippen LogP contribution in [0.2, 0.25) is 0 Å². The van der Waals surface area contributed by atoms with Crippen molar-refractivity contribution in [1.82, 2.24) is 14.6 Å². The molecule has 0 radical (unpaired) electrons. The van der Waals surface area contributed by atoms with Crippen molar-refractivity contribution in [1.29, 1.82) is 0 Å². The quantitative estimate of drug-likeness (QED) is 0.414.